The Bertz CT molecular complexity index is 802. The quantitative estimate of drug-likeness (QED) is 0.588. The molecular formula is C18H15Cl2N. The van der Waals surface area contributed by atoms with E-state index in [2.05, 4.69) is 29.2 Å². The van der Waals surface area contributed by atoms with E-state index in [1.165, 1.54) is 34.1 Å². The highest BCUT2D eigenvalue weighted by Gasteiger charge is 2.23. The Morgan fingerprint density at radius 2 is 1.71 bits per heavy atom. The maximum atomic E-state index is 6.16. The van der Waals surface area contributed by atoms with Gasteiger partial charge in [0.05, 0.1) is 0 Å². The number of H-pyrrole nitrogens is 1. The number of halogens is 2. The standard InChI is InChI=1S/C18H15Cl2N/c19-13-4-1-11(2-5-13)12-3-7-17-15(9-12)16-10-14(20)6-8-18(16)21-17/h1-2,4-6,8,10,12,21H,3,7,9H2. The zero-order valence-electron chi connectivity index (χ0n) is 11.5. The van der Waals surface area contributed by atoms with Gasteiger partial charge in [-0.15, -0.1) is 0 Å². The lowest BCUT2D eigenvalue weighted by molar-refractivity contribution is 0.582. The molecule has 2 aromatic carbocycles. The summed E-state index contributed by atoms with van der Waals surface area (Å²) in [5, 5.41) is 2.88. The summed E-state index contributed by atoms with van der Waals surface area (Å²) in [6.07, 6.45) is 3.33. The lowest BCUT2D eigenvalue weighted by Gasteiger charge is -2.23. The molecule has 21 heavy (non-hydrogen) atoms. The first-order chi connectivity index (χ1) is 10.2. The lowest BCUT2D eigenvalue weighted by atomic mass is 9.82. The summed E-state index contributed by atoms with van der Waals surface area (Å²) >= 11 is 12.2. The van der Waals surface area contributed by atoms with Gasteiger partial charge in [0.1, 0.15) is 0 Å². The van der Waals surface area contributed by atoms with Crippen molar-refractivity contribution in [2.45, 2.75) is 25.2 Å². The second kappa shape index (κ2) is 5.08. The topological polar surface area (TPSA) is 15.8 Å². The van der Waals surface area contributed by atoms with E-state index < -0.39 is 0 Å². The number of fused-ring (bicyclic) bond motifs is 3. The zero-order chi connectivity index (χ0) is 14.4. The molecular weight excluding hydrogens is 301 g/mol. The van der Waals surface area contributed by atoms with E-state index in [9.17, 15) is 0 Å². The van der Waals surface area contributed by atoms with Crippen LogP contribution in [0.15, 0.2) is 42.5 Å². The summed E-state index contributed by atoms with van der Waals surface area (Å²) < 4.78 is 0. The molecule has 0 saturated carbocycles. The first kappa shape index (κ1) is 13.2. The third kappa shape index (κ3) is 2.35. The summed E-state index contributed by atoms with van der Waals surface area (Å²) in [6.45, 7) is 0. The predicted octanol–water partition coefficient (Wildman–Crippen LogP) is 5.75. The van der Waals surface area contributed by atoms with Crippen molar-refractivity contribution >= 4 is 34.1 Å². The van der Waals surface area contributed by atoms with Crippen molar-refractivity contribution in [3.63, 3.8) is 0 Å². The van der Waals surface area contributed by atoms with Crippen LogP contribution < -0.4 is 0 Å². The molecule has 3 aromatic rings. The fraction of sp³-hybridized carbons (Fsp3) is 0.222. The van der Waals surface area contributed by atoms with Gasteiger partial charge in [0.15, 0.2) is 0 Å². The molecule has 3 heteroatoms. The number of aryl methyl sites for hydroxylation is 1. The van der Waals surface area contributed by atoms with Crippen LogP contribution in [0.25, 0.3) is 10.9 Å². The van der Waals surface area contributed by atoms with E-state index in [1.807, 2.05) is 18.2 Å². The van der Waals surface area contributed by atoms with Crippen molar-refractivity contribution in [3.05, 3.63) is 69.3 Å². The predicted molar refractivity (Wildman–Crippen MR) is 89.5 cm³/mol. The van der Waals surface area contributed by atoms with Crippen molar-refractivity contribution in [1.82, 2.24) is 4.98 Å². The van der Waals surface area contributed by atoms with Crippen molar-refractivity contribution in [2.24, 2.45) is 0 Å². The van der Waals surface area contributed by atoms with Crippen LogP contribution in [0.2, 0.25) is 10.0 Å². The summed E-state index contributed by atoms with van der Waals surface area (Å²) in [4.78, 5) is 3.54. The minimum atomic E-state index is 0.563. The van der Waals surface area contributed by atoms with E-state index in [4.69, 9.17) is 23.2 Å². The Balaban J connectivity index is 1.75. The number of hydrogen-bond acceptors (Lipinski definition) is 0. The number of nitrogens with one attached hydrogen (secondary N) is 1. The smallest absolute Gasteiger partial charge is 0.0460 e. The van der Waals surface area contributed by atoms with Gasteiger partial charge in [0, 0.05) is 26.6 Å². The van der Waals surface area contributed by atoms with Gasteiger partial charge in [-0.2, -0.15) is 0 Å². The van der Waals surface area contributed by atoms with E-state index >= 15 is 0 Å². The van der Waals surface area contributed by atoms with Gasteiger partial charge in [0.2, 0.25) is 0 Å². The van der Waals surface area contributed by atoms with Crippen molar-refractivity contribution in [2.75, 3.05) is 0 Å². The molecule has 0 fully saturated rings. The molecule has 1 nitrogen and oxygen atoms in total. The zero-order valence-corrected chi connectivity index (χ0v) is 13.0. The fourth-order valence-electron chi connectivity index (χ4n) is 3.41. The summed E-state index contributed by atoms with van der Waals surface area (Å²) in [5.41, 5.74) is 5.37. The minimum Gasteiger partial charge on any atom is -0.358 e. The number of hydrogen-bond donors (Lipinski definition) is 1. The molecule has 1 N–H and O–H groups in total. The van der Waals surface area contributed by atoms with E-state index in [-0.39, 0.29) is 0 Å². The van der Waals surface area contributed by atoms with Crippen LogP contribution in [0.3, 0.4) is 0 Å². The first-order valence-corrected chi connectivity index (χ1v) is 8.01. The Morgan fingerprint density at radius 3 is 2.52 bits per heavy atom. The molecule has 1 atom stereocenters. The number of aromatic amines is 1. The average molecular weight is 316 g/mol. The molecule has 0 saturated heterocycles. The molecule has 1 heterocycles. The van der Waals surface area contributed by atoms with Gasteiger partial charge < -0.3 is 4.98 Å². The van der Waals surface area contributed by atoms with Crippen LogP contribution in [0.4, 0.5) is 0 Å². The highest BCUT2D eigenvalue weighted by atomic mass is 35.5. The molecule has 1 aliphatic rings. The molecule has 4 rings (SSSR count). The Labute approximate surface area is 133 Å². The fourth-order valence-corrected chi connectivity index (χ4v) is 3.71. The van der Waals surface area contributed by atoms with Crippen molar-refractivity contribution in [3.8, 4) is 0 Å². The molecule has 0 amide bonds. The molecule has 1 aromatic heterocycles. The van der Waals surface area contributed by atoms with Gasteiger partial charge in [-0.3, -0.25) is 0 Å². The van der Waals surface area contributed by atoms with Gasteiger partial charge in [-0.25, -0.2) is 0 Å². The Hall–Kier alpha value is -1.44. The third-order valence-corrected chi connectivity index (χ3v) is 4.98. The van der Waals surface area contributed by atoms with E-state index in [0.717, 1.165) is 22.9 Å². The maximum Gasteiger partial charge on any atom is 0.0460 e. The van der Waals surface area contributed by atoms with Crippen molar-refractivity contribution in [1.29, 1.82) is 0 Å². The average Bonchev–Trinajstić information content (AvgIpc) is 2.85. The molecule has 0 aliphatic heterocycles. The molecule has 106 valence electrons. The van der Waals surface area contributed by atoms with E-state index in [1.54, 1.807) is 0 Å². The van der Waals surface area contributed by atoms with Crippen LogP contribution in [-0.4, -0.2) is 4.98 Å². The second-order valence-corrected chi connectivity index (χ2v) is 6.64. The molecule has 1 aliphatic carbocycles. The van der Waals surface area contributed by atoms with Crippen LogP contribution >= 0.6 is 23.2 Å². The highest BCUT2D eigenvalue weighted by molar-refractivity contribution is 6.31. The number of aromatic nitrogens is 1. The van der Waals surface area contributed by atoms with E-state index in [0.29, 0.717) is 5.92 Å². The Kier molecular flexibility index (Phi) is 3.20. The monoisotopic (exact) mass is 315 g/mol. The molecule has 0 spiro atoms. The third-order valence-electron chi connectivity index (χ3n) is 4.49. The maximum absolute atomic E-state index is 6.16. The van der Waals surface area contributed by atoms with Gasteiger partial charge in [-0.05, 0) is 66.6 Å². The van der Waals surface area contributed by atoms with Gasteiger partial charge in [0.25, 0.3) is 0 Å². The minimum absolute atomic E-state index is 0.563. The molecule has 0 radical (unpaired) electrons. The number of rotatable bonds is 1. The Morgan fingerprint density at radius 1 is 0.952 bits per heavy atom. The normalized spacial score (nSPS) is 17.9. The van der Waals surface area contributed by atoms with Crippen molar-refractivity contribution < 1.29 is 0 Å². The largest absolute Gasteiger partial charge is 0.358 e. The molecule has 1 unspecified atom stereocenters. The summed E-state index contributed by atoms with van der Waals surface area (Å²) in [6, 6.07) is 14.4. The summed E-state index contributed by atoms with van der Waals surface area (Å²) in [7, 11) is 0. The highest BCUT2D eigenvalue weighted by Crippen LogP contribution is 2.37. The van der Waals surface area contributed by atoms with Crippen LogP contribution in [0.1, 0.15) is 29.2 Å². The van der Waals surface area contributed by atoms with Crippen LogP contribution in [0.5, 0.6) is 0 Å². The second-order valence-electron chi connectivity index (χ2n) is 5.76. The SMILES string of the molecule is Clc1ccc(C2CCc3[nH]c4ccc(Cl)cc4c3C2)cc1. The van der Waals surface area contributed by atoms with Gasteiger partial charge in [-0.1, -0.05) is 35.3 Å². The van der Waals surface area contributed by atoms with Crippen LogP contribution in [-0.2, 0) is 12.8 Å². The lowest BCUT2D eigenvalue weighted by Crippen LogP contribution is -2.11. The molecule has 0 bridgehead atoms. The summed E-state index contributed by atoms with van der Waals surface area (Å²) in [5.74, 6) is 0.563. The first-order valence-electron chi connectivity index (χ1n) is 7.25. The van der Waals surface area contributed by atoms with Crippen LogP contribution in [0, 0.1) is 0 Å². The van der Waals surface area contributed by atoms with Gasteiger partial charge >= 0.3 is 0 Å². The number of benzene rings is 2.